The van der Waals surface area contributed by atoms with Gasteiger partial charge in [0.2, 0.25) is 0 Å². The number of anilines is 1. The Morgan fingerprint density at radius 1 is 1.04 bits per heavy atom. The van der Waals surface area contributed by atoms with Crippen LogP contribution in [0, 0.1) is 12.8 Å². The van der Waals surface area contributed by atoms with Crippen LogP contribution in [0.3, 0.4) is 0 Å². The van der Waals surface area contributed by atoms with Gasteiger partial charge in [0.25, 0.3) is 5.91 Å². The van der Waals surface area contributed by atoms with Gasteiger partial charge in [-0.1, -0.05) is 32.0 Å². The number of rotatable bonds is 7. The SMILES string of the molecule is COc1ccc(C)cc1NC(=O)[C@@H](C)OC(=O)c1ccc(CC(C)C)cc1. The highest BCUT2D eigenvalue weighted by atomic mass is 16.5. The Balaban J connectivity index is 1.99. The Morgan fingerprint density at radius 3 is 2.30 bits per heavy atom. The number of benzene rings is 2. The van der Waals surface area contributed by atoms with Crippen molar-refractivity contribution in [3.05, 3.63) is 59.2 Å². The second kappa shape index (κ2) is 9.21. The smallest absolute Gasteiger partial charge is 0.338 e. The van der Waals surface area contributed by atoms with Crippen LogP contribution >= 0.6 is 0 Å². The van der Waals surface area contributed by atoms with E-state index in [-0.39, 0.29) is 0 Å². The zero-order valence-corrected chi connectivity index (χ0v) is 16.5. The third kappa shape index (κ3) is 5.84. The maximum Gasteiger partial charge on any atom is 0.338 e. The monoisotopic (exact) mass is 369 g/mol. The second-order valence-corrected chi connectivity index (χ2v) is 7.04. The minimum absolute atomic E-state index is 0.413. The number of methoxy groups -OCH3 is 1. The van der Waals surface area contributed by atoms with Gasteiger partial charge < -0.3 is 14.8 Å². The summed E-state index contributed by atoms with van der Waals surface area (Å²) in [4.78, 5) is 24.7. The summed E-state index contributed by atoms with van der Waals surface area (Å²) in [5.41, 5.74) is 3.12. The molecule has 1 atom stereocenters. The van der Waals surface area contributed by atoms with Crippen molar-refractivity contribution in [2.45, 2.75) is 40.2 Å². The number of ether oxygens (including phenoxy) is 2. The van der Waals surface area contributed by atoms with Gasteiger partial charge in [-0.25, -0.2) is 4.79 Å². The van der Waals surface area contributed by atoms with Crippen molar-refractivity contribution >= 4 is 17.6 Å². The van der Waals surface area contributed by atoms with Gasteiger partial charge in [0.05, 0.1) is 18.4 Å². The zero-order valence-electron chi connectivity index (χ0n) is 16.5. The Hall–Kier alpha value is -2.82. The van der Waals surface area contributed by atoms with Gasteiger partial charge in [0, 0.05) is 0 Å². The summed E-state index contributed by atoms with van der Waals surface area (Å²) >= 11 is 0. The van der Waals surface area contributed by atoms with Crippen LogP contribution in [-0.2, 0) is 16.0 Å². The molecule has 1 amide bonds. The lowest BCUT2D eigenvalue weighted by atomic mass is 10.0. The molecular formula is C22H27NO4. The summed E-state index contributed by atoms with van der Waals surface area (Å²) in [7, 11) is 1.53. The van der Waals surface area contributed by atoms with Crippen LogP contribution in [0.5, 0.6) is 5.75 Å². The minimum Gasteiger partial charge on any atom is -0.495 e. The molecule has 0 saturated heterocycles. The van der Waals surface area contributed by atoms with Crippen molar-refractivity contribution in [3.63, 3.8) is 0 Å². The van der Waals surface area contributed by atoms with E-state index in [0.29, 0.717) is 22.9 Å². The second-order valence-electron chi connectivity index (χ2n) is 7.04. The van der Waals surface area contributed by atoms with Crippen LogP contribution < -0.4 is 10.1 Å². The average Bonchev–Trinajstić information content (AvgIpc) is 2.61. The van der Waals surface area contributed by atoms with Crippen LogP contribution in [0.4, 0.5) is 5.69 Å². The van der Waals surface area contributed by atoms with Crippen molar-refractivity contribution in [1.82, 2.24) is 0 Å². The number of hydrogen-bond donors (Lipinski definition) is 1. The highest BCUT2D eigenvalue weighted by Gasteiger charge is 2.20. The first-order valence-electron chi connectivity index (χ1n) is 9.05. The molecule has 27 heavy (non-hydrogen) atoms. The fraction of sp³-hybridized carbons (Fsp3) is 0.364. The van der Waals surface area contributed by atoms with Crippen molar-refractivity contribution in [2.75, 3.05) is 12.4 Å². The molecular weight excluding hydrogens is 342 g/mol. The molecule has 0 fully saturated rings. The van der Waals surface area contributed by atoms with Gasteiger partial charge in [-0.05, 0) is 61.6 Å². The molecule has 0 aliphatic carbocycles. The molecule has 0 aliphatic rings. The first-order valence-corrected chi connectivity index (χ1v) is 9.05. The van der Waals surface area contributed by atoms with Crippen LogP contribution in [0.25, 0.3) is 0 Å². The van der Waals surface area contributed by atoms with Crippen LogP contribution in [0.15, 0.2) is 42.5 Å². The van der Waals surface area contributed by atoms with Gasteiger partial charge in [0.15, 0.2) is 6.10 Å². The first kappa shape index (κ1) is 20.5. The molecule has 0 saturated carbocycles. The standard InChI is InChI=1S/C22H27NO4/c1-14(2)12-17-7-9-18(10-8-17)22(25)27-16(4)21(24)23-19-13-15(3)6-11-20(19)26-5/h6-11,13-14,16H,12H2,1-5H3,(H,23,24)/t16-/m1/s1. The van der Waals surface area contributed by atoms with E-state index < -0.39 is 18.0 Å². The summed E-state index contributed by atoms with van der Waals surface area (Å²) in [5, 5.41) is 2.75. The minimum atomic E-state index is -0.932. The van der Waals surface area contributed by atoms with Crippen molar-refractivity contribution in [2.24, 2.45) is 5.92 Å². The highest BCUT2D eigenvalue weighted by molar-refractivity contribution is 5.98. The normalized spacial score (nSPS) is 11.8. The molecule has 144 valence electrons. The van der Waals surface area contributed by atoms with Gasteiger partial charge in [-0.15, -0.1) is 0 Å². The Bertz CT molecular complexity index is 796. The van der Waals surface area contributed by atoms with Gasteiger partial charge in [-0.2, -0.15) is 0 Å². The number of carbonyl (C=O) groups is 2. The summed E-state index contributed by atoms with van der Waals surface area (Å²) in [6.45, 7) is 7.75. The maximum atomic E-state index is 12.4. The van der Waals surface area contributed by atoms with Gasteiger partial charge >= 0.3 is 5.97 Å². The Kier molecular flexibility index (Phi) is 6.99. The third-order valence-corrected chi connectivity index (χ3v) is 4.10. The van der Waals surface area contributed by atoms with Crippen molar-refractivity contribution < 1.29 is 19.1 Å². The molecule has 0 radical (unpaired) electrons. The van der Waals surface area contributed by atoms with E-state index >= 15 is 0 Å². The number of nitrogens with one attached hydrogen (secondary N) is 1. The lowest BCUT2D eigenvalue weighted by Crippen LogP contribution is -2.30. The van der Waals surface area contributed by atoms with Crippen LogP contribution in [0.1, 0.15) is 42.3 Å². The Morgan fingerprint density at radius 2 is 1.70 bits per heavy atom. The third-order valence-electron chi connectivity index (χ3n) is 4.10. The average molecular weight is 369 g/mol. The van der Waals surface area contributed by atoms with E-state index in [0.717, 1.165) is 12.0 Å². The predicted molar refractivity (Wildman–Crippen MR) is 106 cm³/mol. The quantitative estimate of drug-likeness (QED) is 0.735. The molecule has 0 aromatic heterocycles. The first-order chi connectivity index (χ1) is 12.8. The Labute approximate surface area is 160 Å². The lowest BCUT2D eigenvalue weighted by Gasteiger charge is -2.16. The number of hydrogen-bond acceptors (Lipinski definition) is 4. The molecule has 2 rings (SSSR count). The molecule has 2 aromatic rings. The van der Waals surface area contributed by atoms with E-state index in [1.54, 1.807) is 31.2 Å². The molecule has 0 spiro atoms. The van der Waals surface area contributed by atoms with E-state index in [1.807, 2.05) is 25.1 Å². The fourth-order valence-corrected chi connectivity index (χ4v) is 2.68. The molecule has 1 N–H and O–H groups in total. The van der Waals surface area contributed by atoms with Crippen molar-refractivity contribution in [1.29, 1.82) is 0 Å². The molecule has 0 unspecified atom stereocenters. The van der Waals surface area contributed by atoms with E-state index in [2.05, 4.69) is 19.2 Å². The summed E-state index contributed by atoms with van der Waals surface area (Å²) in [5.74, 6) is 0.159. The number of carbonyl (C=O) groups excluding carboxylic acids is 2. The largest absolute Gasteiger partial charge is 0.495 e. The summed E-state index contributed by atoms with van der Waals surface area (Å²) < 4.78 is 10.6. The number of aryl methyl sites for hydroxylation is 1. The molecule has 0 heterocycles. The van der Waals surface area contributed by atoms with Crippen LogP contribution in [0.2, 0.25) is 0 Å². The zero-order chi connectivity index (χ0) is 20.0. The topological polar surface area (TPSA) is 64.6 Å². The number of esters is 1. The summed E-state index contributed by atoms with van der Waals surface area (Å²) in [6, 6.07) is 12.8. The number of amides is 1. The van der Waals surface area contributed by atoms with E-state index in [4.69, 9.17) is 9.47 Å². The van der Waals surface area contributed by atoms with Crippen molar-refractivity contribution in [3.8, 4) is 5.75 Å². The molecule has 5 heteroatoms. The maximum absolute atomic E-state index is 12.4. The molecule has 0 bridgehead atoms. The highest BCUT2D eigenvalue weighted by Crippen LogP contribution is 2.25. The fourth-order valence-electron chi connectivity index (χ4n) is 2.68. The predicted octanol–water partition coefficient (Wildman–Crippen LogP) is 4.39. The lowest BCUT2D eigenvalue weighted by molar-refractivity contribution is -0.123. The summed E-state index contributed by atoms with van der Waals surface area (Å²) in [6.07, 6.45) is 0.0185. The molecule has 2 aromatic carbocycles. The van der Waals surface area contributed by atoms with Gasteiger partial charge in [-0.3, -0.25) is 4.79 Å². The van der Waals surface area contributed by atoms with E-state index in [1.165, 1.54) is 12.7 Å². The molecule has 0 aliphatic heterocycles. The van der Waals surface area contributed by atoms with Crippen LogP contribution in [-0.4, -0.2) is 25.1 Å². The van der Waals surface area contributed by atoms with Gasteiger partial charge in [0.1, 0.15) is 5.75 Å². The molecule has 5 nitrogen and oxygen atoms in total. The van der Waals surface area contributed by atoms with E-state index in [9.17, 15) is 9.59 Å².